The number of hydrogen-bond acceptors (Lipinski definition) is 4. The molecule has 7 heteroatoms. The SMILES string of the molecule is CCNCC1CCN(S(=O)(=O)N2C[C@@H](C)OC[C@@H]2C)CC1. The molecular formula is C14H29N3O3S. The van der Waals surface area contributed by atoms with E-state index >= 15 is 0 Å². The van der Waals surface area contributed by atoms with Gasteiger partial charge in [-0.1, -0.05) is 6.92 Å². The van der Waals surface area contributed by atoms with Gasteiger partial charge in [0.25, 0.3) is 10.2 Å². The van der Waals surface area contributed by atoms with E-state index in [-0.39, 0.29) is 12.1 Å². The van der Waals surface area contributed by atoms with Gasteiger partial charge >= 0.3 is 0 Å². The molecule has 2 atom stereocenters. The number of nitrogens with one attached hydrogen (secondary N) is 1. The molecule has 0 aromatic heterocycles. The fourth-order valence-electron chi connectivity index (χ4n) is 3.04. The summed E-state index contributed by atoms with van der Waals surface area (Å²) in [7, 11) is -3.34. The van der Waals surface area contributed by atoms with Crippen LogP contribution in [0.3, 0.4) is 0 Å². The summed E-state index contributed by atoms with van der Waals surface area (Å²) < 4.78 is 34.4. The Morgan fingerprint density at radius 2 is 1.90 bits per heavy atom. The Morgan fingerprint density at radius 3 is 2.52 bits per heavy atom. The lowest BCUT2D eigenvalue weighted by molar-refractivity contribution is -0.0194. The Bertz CT molecular complexity index is 421. The van der Waals surface area contributed by atoms with Crippen LogP contribution in [0, 0.1) is 5.92 Å². The number of rotatable bonds is 5. The number of piperidine rings is 1. The van der Waals surface area contributed by atoms with Crippen molar-refractivity contribution < 1.29 is 13.2 Å². The predicted molar refractivity (Wildman–Crippen MR) is 83.3 cm³/mol. The van der Waals surface area contributed by atoms with E-state index in [0.29, 0.717) is 32.2 Å². The molecule has 0 spiro atoms. The van der Waals surface area contributed by atoms with Gasteiger partial charge in [0.2, 0.25) is 0 Å². The van der Waals surface area contributed by atoms with Crippen molar-refractivity contribution in [3.8, 4) is 0 Å². The Balaban J connectivity index is 1.94. The lowest BCUT2D eigenvalue weighted by Crippen LogP contribution is -2.56. The molecule has 0 saturated carbocycles. The summed E-state index contributed by atoms with van der Waals surface area (Å²) in [6.07, 6.45) is 1.86. The zero-order valence-electron chi connectivity index (χ0n) is 13.4. The van der Waals surface area contributed by atoms with Crippen LogP contribution in [0.4, 0.5) is 0 Å². The molecule has 0 amide bonds. The van der Waals surface area contributed by atoms with Crippen molar-refractivity contribution in [3.05, 3.63) is 0 Å². The van der Waals surface area contributed by atoms with E-state index in [4.69, 9.17) is 4.74 Å². The topological polar surface area (TPSA) is 61.9 Å². The molecule has 0 aliphatic carbocycles. The van der Waals surface area contributed by atoms with E-state index in [1.54, 1.807) is 8.61 Å². The van der Waals surface area contributed by atoms with Gasteiger partial charge < -0.3 is 10.1 Å². The molecule has 0 aromatic carbocycles. The fraction of sp³-hybridized carbons (Fsp3) is 1.00. The minimum absolute atomic E-state index is 0.0257. The van der Waals surface area contributed by atoms with Gasteiger partial charge in [0.15, 0.2) is 0 Å². The van der Waals surface area contributed by atoms with Crippen LogP contribution in [0.1, 0.15) is 33.6 Å². The first kappa shape index (κ1) is 17.1. The van der Waals surface area contributed by atoms with Crippen LogP contribution in [-0.4, -0.2) is 68.5 Å². The van der Waals surface area contributed by atoms with E-state index in [0.717, 1.165) is 25.9 Å². The molecule has 0 bridgehead atoms. The average Bonchev–Trinajstić information content (AvgIpc) is 2.48. The maximum Gasteiger partial charge on any atom is 0.282 e. The summed E-state index contributed by atoms with van der Waals surface area (Å²) in [6.45, 7) is 10.1. The van der Waals surface area contributed by atoms with Crippen molar-refractivity contribution in [2.45, 2.75) is 45.8 Å². The second-order valence-electron chi connectivity index (χ2n) is 6.22. The van der Waals surface area contributed by atoms with Crippen molar-refractivity contribution in [1.82, 2.24) is 13.9 Å². The summed E-state index contributed by atoms with van der Waals surface area (Å²) in [5, 5.41) is 3.35. The quantitative estimate of drug-likeness (QED) is 0.809. The highest BCUT2D eigenvalue weighted by Crippen LogP contribution is 2.24. The van der Waals surface area contributed by atoms with Crippen molar-refractivity contribution >= 4 is 10.2 Å². The highest BCUT2D eigenvalue weighted by atomic mass is 32.2. The molecule has 0 aromatic rings. The Hall–Kier alpha value is -0.210. The monoisotopic (exact) mass is 319 g/mol. The summed E-state index contributed by atoms with van der Waals surface area (Å²) >= 11 is 0. The number of morpholine rings is 1. The van der Waals surface area contributed by atoms with Crippen LogP contribution in [-0.2, 0) is 14.9 Å². The van der Waals surface area contributed by atoms with Gasteiger partial charge in [-0.05, 0) is 45.7 Å². The smallest absolute Gasteiger partial charge is 0.282 e. The van der Waals surface area contributed by atoms with Crippen molar-refractivity contribution in [2.75, 3.05) is 39.3 Å². The third-order valence-corrected chi connectivity index (χ3v) is 6.55. The number of hydrogen-bond donors (Lipinski definition) is 1. The first-order chi connectivity index (χ1) is 9.95. The Kier molecular flexibility index (Phi) is 6.02. The van der Waals surface area contributed by atoms with E-state index in [2.05, 4.69) is 12.2 Å². The lowest BCUT2D eigenvalue weighted by Gasteiger charge is -2.40. The zero-order chi connectivity index (χ0) is 15.5. The maximum atomic E-state index is 12.8. The Labute approximate surface area is 129 Å². The molecular weight excluding hydrogens is 290 g/mol. The summed E-state index contributed by atoms with van der Waals surface area (Å²) in [5.41, 5.74) is 0. The van der Waals surface area contributed by atoms with Gasteiger partial charge in [-0.2, -0.15) is 17.0 Å². The molecule has 2 heterocycles. The van der Waals surface area contributed by atoms with Crippen LogP contribution in [0.15, 0.2) is 0 Å². The molecule has 2 rings (SSSR count). The van der Waals surface area contributed by atoms with Gasteiger partial charge in [0.05, 0.1) is 12.7 Å². The standard InChI is InChI=1S/C14H29N3O3S/c1-4-15-9-14-5-7-16(8-6-14)21(18,19)17-10-13(3)20-11-12(17)2/h12-15H,4-11H2,1-3H3/t12-,13+/m0/s1. The summed E-state index contributed by atoms with van der Waals surface area (Å²) in [6, 6.07) is -0.0781. The summed E-state index contributed by atoms with van der Waals surface area (Å²) in [4.78, 5) is 0. The average molecular weight is 319 g/mol. The predicted octanol–water partition coefficient (Wildman–Crippen LogP) is 0.662. The minimum Gasteiger partial charge on any atom is -0.375 e. The molecule has 1 N–H and O–H groups in total. The van der Waals surface area contributed by atoms with Crippen LogP contribution < -0.4 is 5.32 Å². The van der Waals surface area contributed by atoms with Crippen LogP contribution in [0.5, 0.6) is 0 Å². The first-order valence-electron chi connectivity index (χ1n) is 8.04. The third kappa shape index (κ3) is 4.16. The van der Waals surface area contributed by atoms with E-state index < -0.39 is 10.2 Å². The number of nitrogens with zero attached hydrogens (tertiary/aromatic N) is 2. The first-order valence-corrected chi connectivity index (χ1v) is 9.44. The molecule has 21 heavy (non-hydrogen) atoms. The van der Waals surface area contributed by atoms with Crippen molar-refractivity contribution in [1.29, 1.82) is 0 Å². The molecule has 0 unspecified atom stereocenters. The van der Waals surface area contributed by atoms with Gasteiger partial charge in [0, 0.05) is 25.7 Å². The molecule has 0 radical (unpaired) electrons. The Morgan fingerprint density at radius 1 is 1.24 bits per heavy atom. The molecule has 2 fully saturated rings. The number of ether oxygens (including phenoxy) is 1. The van der Waals surface area contributed by atoms with Gasteiger partial charge in [0.1, 0.15) is 0 Å². The molecule has 6 nitrogen and oxygen atoms in total. The van der Waals surface area contributed by atoms with Crippen LogP contribution >= 0.6 is 0 Å². The maximum absolute atomic E-state index is 12.8. The van der Waals surface area contributed by atoms with E-state index in [1.807, 2.05) is 13.8 Å². The third-order valence-electron chi connectivity index (χ3n) is 4.43. The molecule has 2 aliphatic rings. The van der Waals surface area contributed by atoms with Gasteiger partial charge in [-0.3, -0.25) is 0 Å². The molecule has 124 valence electrons. The summed E-state index contributed by atoms with van der Waals surface area (Å²) in [5.74, 6) is 0.595. The highest BCUT2D eigenvalue weighted by molar-refractivity contribution is 7.86. The molecule has 2 saturated heterocycles. The van der Waals surface area contributed by atoms with Gasteiger partial charge in [-0.25, -0.2) is 0 Å². The van der Waals surface area contributed by atoms with Crippen LogP contribution in [0.2, 0.25) is 0 Å². The lowest BCUT2D eigenvalue weighted by atomic mass is 9.98. The van der Waals surface area contributed by atoms with E-state index in [9.17, 15) is 8.42 Å². The zero-order valence-corrected chi connectivity index (χ0v) is 14.2. The van der Waals surface area contributed by atoms with Crippen molar-refractivity contribution in [3.63, 3.8) is 0 Å². The minimum atomic E-state index is -3.34. The normalized spacial score (nSPS) is 30.6. The van der Waals surface area contributed by atoms with Crippen molar-refractivity contribution in [2.24, 2.45) is 5.92 Å². The highest BCUT2D eigenvalue weighted by Gasteiger charge is 2.38. The fourth-order valence-corrected chi connectivity index (χ4v) is 4.92. The van der Waals surface area contributed by atoms with Crippen LogP contribution in [0.25, 0.3) is 0 Å². The molecule has 2 aliphatic heterocycles. The largest absolute Gasteiger partial charge is 0.375 e. The second-order valence-corrected chi connectivity index (χ2v) is 8.10. The van der Waals surface area contributed by atoms with E-state index in [1.165, 1.54) is 0 Å². The van der Waals surface area contributed by atoms with Gasteiger partial charge in [-0.15, -0.1) is 0 Å². The second kappa shape index (κ2) is 7.37.